The number of rotatable bonds is 3. The highest BCUT2D eigenvalue weighted by Gasteiger charge is 2.22. The molecule has 1 aromatic carbocycles. The zero-order chi connectivity index (χ0) is 14.9. The van der Waals surface area contributed by atoms with Crippen LogP contribution in [0.1, 0.15) is 28.4 Å². The Bertz CT molecular complexity index is 621. The van der Waals surface area contributed by atoms with Crippen LogP contribution in [-0.2, 0) is 0 Å². The van der Waals surface area contributed by atoms with Gasteiger partial charge in [-0.3, -0.25) is 4.98 Å². The Labute approximate surface area is 127 Å². The molecule has 1 aromatic heterocycles. The van der Waals surface area contributed by atoms with Crippen LogP contribution in [0.15, 0.2) is 24.4 Å². The molecule has 0 spiro atoms. The number of pyridine rings is 1. The van der Waals surface area contributed by atoms with Crippen molar-refractivity contribution >= 4 is 23.2 Å². The molecule has 0 saturated carbocycles. The van der Waals surface area contributed by atoms with Gasteiger partial charge in [0, 0.05) is 11.8 Å². The average molecular weight is 313 g/mol. The molecule has 0 aliphatic heterocycles. The monoisotopic (exact) mass is 312 g/mol. The highest BCUT2D eigenvalue weighted by Crippen LogP contribution is 2.31. The van der Waals surface area contributed by atoms with Crippen LogP contribution in [0.2, 0.25) is 10.0 Å². The minimum Gasteiger partial charge on any atom is -0.308 e. The van der Waals surface area contributed by atoms with Crippen molar-refractivity contribution in [3.63, 3.8) is 0 Å². The second kappa shape index (κ2) is 6.08. The van der Waals surface area contributed by atoms with E-state index in [0.717, 1.165) is 11.1 Å². The molecule has 2 rings (SSSR count). The standard InChI is InChI=1S/C15H15Cl2FN2/c1-8-4-9(2)13(12(18)5-8)15(19-3)14-11(17)6-10(16)7-20-14/h4-7,15,19H,1-3H3. The van der Waals surface area contributed by atoms with Crippen molar-refractivity contribution in [1.29, 1.82) is 0 Å². The van der Waals surface area contributed by atoms with Crippen molar-refractivity contribution in [1.82, 2.24) is 10.3 Å². The van der Waals surface area contributed by atoms with Crippen molar-refractivity contribution in [2.75, 3.05) is 7.05 Å². The van der Waals surface area contributed by atoms with Crippen molar-refractivity contribution in [2.24, 2.45) is 0 Å². The minimum absolute atomic E-state index is 0.269. The first kappa shape index (κ1) is 15.2. The summed E-state index contributed by atoms with van der Waals surface area (Å²) in [5.41, 5.74) is 2.85. The van der Waals surface area contributed by atoms with Crippen LogP contribution >= 0.6 is 23.2 Å². The van der Waals surface area contributed by atoms with Crippen LogP contribution in [0.4, 0.5) is 4.39 Å². The lowest BCUT2D eigenvalue weighted by Gasteiger charge is -2.20. The van der Waals surface area contributed by atoms with Gasteiger partial charge in [0.25, 0.3) is 0 Å². The molecular weight excluding hydrogens is 298 g/mol. The zero-order valence-corrected chi connectivity index (χ0v) is 13.0. The first-order valence-corrected chi connectivity index (χ1v) is 6.94. The maximum atomic E-state index is 14.3. The maximum absolute atomic E-state index is 14.3. The lowest BCUT2D eigenvalue weighted by atomic mass is 9.96. The van der Waals surface area contributed by atoms with Crippen LogP contribution in [0.5, 0.6) is 0 Å². The third kappa shape index (κ3) is 2.95. The number of hydrogen-bond donors (Lipinski definition) is 1. The van der Waals surface area contributed by atoms with Gasteiger partial charge in [-0.1, -0.05) is 29.3 Å². The quantitative estimate of drug-likeness (QED) is 0.905. The van der Waals surface area contributed by atoms with Gasteiger partial charge in [0.2, 0.25) is 0 Å². The summed E-state index contributed by atoms with van der Waals surface area (Å²) in [4.78, 5) is 4.24. The van der Waals surface area contributed by atoms with Gasteiger partial charge in [-0.2, -0.15) is 0 Å². The largest absolute Gasteiger partial charge is 0.308 e. The predicted molar refractivity (Wildman–Crippen MR) is 81.0 cm³/mol. The third-order valence-electron chi connectivity index (χ3n) is 3.17. The number of hydrogen-bond acceptors (Lipinski definition) is 2. The molecule has 106 valence electrons. The second-order valence-electron chi connectivity index (χ2n) is 4.72. The SMILES string of the molecule is CNC(c1ncc(Cl)cc1Cl)c1c(C)cc(C)cc1F. The van der Waals surface area contributed by atoms with E-state index >= 15 is 0 Å². The third-order valence-corrected chi connectivity index (χ3v) is 3.68. The first-order chi connectivity index (χ1) is 9.43. The lowest BCUT2D eigenvalue weighted by molar-refractivity contribution is 0.566. The molecule has 2 nitrogen and oxygen atoms in total. The maximum Gasteiger partial charge on any atom is 0.128 e. The summed E-state index contributed by atoms with van der Waals surface area (Å²) in [6, 6.07) is 4.64. The molecule has 1 heterocycles. The zero-order valence-electron chi connectivity index (χ0n) is 11.5. The van der Waals surface area contributed by atoms with E-state index in [4.69, 9.17) is 23.2 Å². The Morgan fingerprint density at radius 1 is 1.20 bits per heavy atom. The van der Waals surface area contributed by atoms with E-state index in [0.29, 0.717) is 21.3 Å². The molecule has 0 radical (unpaired) electrons. The normalized spacial score (nSPS) is 12.5. The summed E-state index contributed by atoms with van der Waals surface area (Å²) in [5.74, 6) is -0.269. The predicted octanol–water partition coefficient (Wildman–Crippen LogP) is 4.45. The molecular formula is C15H15Cl2FN2. The van der Waals surface area contributed by atoms with Gasteiger partial charge in [0.15, 0.2) is 0 Å². The van der Waals surface area contributed by atoms with Gasteiger partial charge < -0.3 is 5.32 Å². The Balaban J connectivity index is 2.58. The summed E-state index contributed by atoms with van der Waals surface area (Å²) >= 11 is 12.0. The van der Waals surface area contributed by atoms with Crippen LogP contribution in [-0.4, -0.2) is 12.0 Å². The summed E-state index contributed by atoms with van der Waals surface area (Å²) in [7, 11) is 1.75. The van der Waals surface area contributed by atoms with E-state index in [1.807, 2.05) is 19.9 Å². The smallest absolute Gasteiger partial charge is 0.128 e. The van der Waals surface area contributed by atoms with Gasteiger partial charge in [-0.25, -0.2) is 4.39 Å². The number of nitrogens with one attached hydrogen (secondary N) is 1. The Morgan fingerprint density at radius 3 is 2.45 bits per heavy atom. The number of benzene rings is 1. The Morgan fingerprint density at radius 2 is 1.90 bits per heavy atom. The van der Waals surface area contributed by atoms with Gasteiger partial charge >= 0.3 is 0 Å². The first-order valence-electron chi connectivity index (χ1n) is 6.19. The molecule has 1 N–H and O–H groups in total. The molecule has 0 amide bonds. The molecule has 5 heteroatoms. The van der Waals surface area contributed by atoms with Gasteiger partial charge in [-0.05, 0) is 44.2 Å². The van der Waals surface area contributed by atoms with E-state index in [-0.39, 0.29) is 5.82 Å². The van der Waals surface area contributed by atoms with Gasteiger partial charge in [-0.15, -0.1) is 0 Å². The fourth-order valence-electron chi connectivity index (χ4n) is 2.35. The number of halogens is 3. The Hall–Kier alpha value is -1.16. The molecule has 1 unspecified atom stereocenters. The topological polar surface area (TPSA) is 24.9 Å². The highest BCUT2D eigenvalue weighted by atomic mass is 35.5. The molecule has 2 aromatic rings. The molecule has 0 aliphatic carbocycles. The molecule has 0 fully saturated rings. The van der Waals surface area contributed by atoms with E-state index in [2.05, 4.69) is 10.3 Å². The molecule has 0 saturated heterocycles. The molecule has 0 aliphatic rings. The summed E-state index contributed by atoms with van der Waals surface area (Å²) in [6.45, 7) is 3.74. The average Bonchev–Trinajstić information content (AvgIpc) is 2.34. The van der Waals surface area contributed by atoms with Crippen LogP contribution in [0, 0.1) is 19.7 Å². The van der Waals surface area contributed by atoms with Crippen LogP contribution in [0.3, 0.4) is 0 Å². The summed E-state index contributed by atoms with van der Waals surface area (Å²) < 4.78 is 14.3. The van der Waals surface area contributed by atoms with Crippen molar-refractivity contribution < 1.29 is 4.39 Å². The van der Waals surface area contributed by atoms with E-state index in [1.54, 1.807) is 13.1 Å². The van der Waals surface area contributed by atoms with E-state index < -0.39 is 6.04 Å². The lowest BCUT2D eigenvalue weighted by Crippen LogP contribution is -2.21. The summed E-state index contributed by atoms with van der Waals surface area (Å²) in [5, 5.41) is 3.93. The van der Waals surface area contributed by atoms with Gasteiger partial charge in [0.05, 0.1) is 21.8 Å². The molecule has 0 bridgehead atoms. The fourth-order valence-corrected chi connectivity index (χ4v) is 2.84. The number of nitrogens with zero attached hydrogens (tertiary/aromatic N) is 1. The van der Waals surface area contributed by atoms with Crippen molar-refractivity contribution in [2.45, 2.75) is 19.9 Å². The number of aromatic nitrogens is 1. The van der Waals surface area contributed by atoms with Crippen molar-refractivity contribution in [3.05, 3.63) is 62.6 Å². The Kier molecular flexibility index (Phi) is 4.63. The van der Waals surface area contributed by atoms with Gasteiger partial charge in [0.1, 0.15) is 5.82 Å². The van der Waals surface area contributed by atoms with E-state index in [1.165, 1.54) is 12.3 Å². The highest BCUT2D eigenvalue weighted by molar-refractivity contribution is 6.34. The fraction of sp³-hybridized carbons (Fsp3) is 0.267. The minimum atomic E-state index is -0.416. The summed E-state index contributed by atoms with van der Waals surface area (Å²) in [6.07, 6.45) is 1.51. The molecule has 1 atom stereocenters. The van der Waals surface area contributed by atoms with Crippen LogP contribution in [0.25, 0.3) is 0 Å². The number of aryl methyl sites for hydroxylation is 2. The molecule has 20 heavy (non-hydrogen) atoms. The van der Waals surface area contributed by atoms with Crippen LogP contribution < -0.4 is 5.32 Å². The van der Waals surface area contributed by atoms with Crippen molar-refractivity contribution in [3.8, 4) is 0 Å². The van der Waals surface area contributed by atoms with E-state index in [9.17, 15) is 4.39 Å². The second-order valence-corrected chi connectivity index (χ2v) is 5.56.